The molecule has 0 unspecified atom stereocenters. The topological polar surface area (TPSA) is 127 Å². The molecule has 3 heterocycles. The second-order valence-electron chi connectivity index (χ2n) is 5.96. The summed E-state index contributed by atoms with van der Waals surface area (Å²) in [4.78, 5) is 8.38. The van der Waals surface area contributed by atoms with Crippen LogP contribution in [0.4, 0.5) is 5.82 Å². The van der Waals surface area contributed by atoms with Crippen LogP contribution >= 0.6 is 0 Å². The Labute approximate surface area is 137 Å². The van der Waals surface area contributed by atoms with E-state index < -0.39 is 24.4 Å². The molecule has 1 fully saturated rings. The van der Waals surface area contributed by atoms with E-state index in [0.29, 0.717) is 11.5 Å². The van der Waals surface area contributed by atoms with Crippen molar-refractivity contribution in [2.75, 3.05) is 12.3 Å². The number of nitrogens with two attached hydrogens (primary N) is 1. The number of anilines is 1. The summed E-state index contributed by atoms with van der Waals surface area (Å²) in [7, 11) is 0. The van der Waals surface area contributed by atoms with Crippen LogP contribution in [-0.2, 0) is 11.3 Å². The summed E-state index contributed by atoms with van der Waals surface area (Å²) in [6.07, 6.45) is -2.26. The molecule has 1 aliphatic heterocycles. The molecule has 126 valence electrons. The first kappa shape index (κ1) is 15.3. The van der Waals surface area contributed by atoms with Crippen LogP contribution in [0.1, 0.15) is 0 Å². The van der Waals surface area contributed by atoms with Crippen LogP contribution in [0.25, 0.3) is 21.9 Å². The molecule has 0 spiro atoms. The van der Waals surface area contributed by atoms with Crippen molar-refractivity contribution in [2.24, 2.45) is 0 Å². The van der Waals surface area contributed by atoms with Gasteiger partial charge in [0.25, 0.3) is 0 Å². The number of hydrogen-bond acceptors (Lipinski definition) is 7. The lowest BCUT2D eigenvalue weighted by molar-refractivity contribution is -0.0259. The van der Waals surface area contributed by atoms with Crippen LogP contribution < -0.4 is 5.73 Å². The van der Waals surface area contributed by atoms with Gasteiger partial charge in [-0.1, -0.05) is 18.2 Å². The van der Waals surface area contributed by atoms with Crippen LogP contribution in [0, 0.1) is 0 Å². The predicted octanol–water partition coefficient (Wildman–Crippen LogP) is -0.352. The molecule has 2 aromatic heterocycles. The van der Waals surface area contributed by atoms with Crippen molar-refractivity contribution < 1.29 is 20.1 Å². The van der Waals surface area contributed by atoms with Gasteiger partial charge in [-0.15, -0.1) is 0 Å². The van der Waals surface area contributed by atoms with Gasteiger partial charge in [0.1, 0.15) is 42.2 Å². The lowest BCUT2D eigenvalue weighted by Crippen LogP contribution is -2.35. The third kappa shape index (κ3) is 2.15. The lowest BCUT2D eigenvalue weighted by atomic mass is 10.1. The Morgan fingerprint density at radius 1 is 1.12 bits per heavy atom. The number of para-hydroxylation sites is 1. The number of nitrogen functional groups attached to an aromatic ring is 1. The summed E-state index contributed by atoms with van der Waals surface area (Å²) in [5, 5.41) is 31.0. The third-order valence-corrected chi connectivity index (χ3v) is 4.58. The number of ether oxygens (including phenoxy) is 1. The maximum Gasteiger partial charge on any atom is 0.146 e. The fourth-order valence-electron chi connectivity index (χ4n) is 3.38. The van der Waals surface area contributed by atoms with Gasteiger partial charge < -0.3 is 30.4 Å². The van der Waals surface area contributed by atoms with Gasteiger partial charge in [-0.25, -0.2) is 9.97 Å². The quantitative estimate of drug-likeness (QED) is 0.517. The molecule has 24 heavy (non-hydrogen) atoms. The summed E-state index contributed by atoms with van der Waals surface area (Å²) in [6.45, 7) is -0.0772. The highest BCUT2D eigenvalue weighted by atomic mass is 16.6. The number of nitrogens with zero attached hydrogens (tertiary/aromatic N) is 3. The number of aromatic nitrogens is 3. The molecule has 5 N–H and O–H groups in total. The molecule has 1 saturated heterocycles. The molecule has 1 aliphatic rings. The van der Waals surface area contributed by atoms with E-state index >= 15 is 0 Å². The fourth-order valence-corrected chi connectivity index (χ4v) is 3.38. The molecule has 8 heteroatoms. The Morgan fingerprint density at radius 2 is 1.88 bits per heavy atom. The molecule has 4 atom stereocenters. The van der Waals surface area contributed by atoms with E-state index in [9.17, 15) is 15.3 Å². The minimum Gasteiger partial charge on any atom is -0.394 e. The highest BCUT2D eigenvalue weighted by molar-refractivity contribution is 6.11. The molecule has 8 nitrogen and oxygen atoms in total. The SMILES string of the molecule is Nc1ncnc2c1c1ccccc1n2C[C@@H]1O[C@H](CO)[C@@H](O)[C@H]1O. The second kappa shape index (κ2) is 5.67. The van der Waals surface area contributed by atoms with Crippen LogP contribution in [0.3, 0.4) is 0 Å². The average Bonchev–Trinajstić information content (AvgIpc) is 3.06. The van der Waals surface area contributed by atoms with Gasteiger partial charge in [0.15, 0.2) is 0 Å². The van der Waals surface area contributed by atoms with Crippen molar-refractivity contribution in [1.29, 1.82) is 0 Å². The van der Waals surface area contributed by atoms with Crippen LogP contribution in [-0.4, -0.2) is 60.9 Å². The van der Waals surface area contributed by atoms with Crippen molar-refractivity contribution in [1.82, 2.24) is 14.5 Å². The van der Waals surface area contributed by atoms with Gasteiger partial charge in [-0.2, -0.15) is 0 Å². The van der Waals surface area contributed by atoms with E-state index in [4.69, 9.17) is 10.5 Å². The molecule has 4 rings (SSSR count). The third-order valence-electron chi connectivity index (χ3n) is 4.58. The number of fused-ring (bicyclic) bond motifs is 3. The average molecular weight is 330 g/mol. The van der Waals surface area contributed by atoms with Gasteiger partial charge >= 0.3 is 0 Å². The molecule has 0 aliphatic carbocycles. The smallest absolute Gasteiger partial charge is 0.146 e. The van der Waals surface area contributed by atoms with Gasteiger partial charge in [0.2, 0.25) is 0 Å². The number of hydrogen-bond donors (Lipinski definition) is 4. The highest BCUT2D eigenvalue weighted by Gasteiger charge is 2.42. The van der Waals surface area contributed by atoms with Crippen molar-refractivity contribution in [2.45, 2.75) is 31.0 Å². The van der Waals surface area contributed by atoms with Crippen LogP contribution in [0.2, 0.25) is 0 Å². The fraction of sp³-hybridized carbons (Fsp3) is 0.375. The van der Waals surface area contributed by atoms with Crippen molar-refractivity contribution >= 4 is 27.8 Å². The zero-order valence-electron chi connectivity index (χ0n) is 12.8. The number of benzene rings is 1. The Hall–Kier alpha value is -2.26. The normalized spacial score (nSPS) is 27.3. The molecule has 0 saturated carbocycles. The summed E-state index contributed by atoms with van der Waals surface area (Å²) in [5.74, 6) is 0.385. The summed E-state index contributed by atoms with van der Waals surface area (Å²) >= 11 is 0. The largest absolute Gasteiger partial charge is 0.394 e. The zero-order chi connectivity index (χ0) is 16.8. The first-order valence-electron chi connectivity index (χ1n) is 7.71. The summed E-state index contributed by atoms with van der Waals surface area (Å²) in [6, 6.07) is 7.67. The van der Waals surface area contributed by atoms with E-state index in [1.807, 2.05) is 28.8 Å². The van der Waals surface area contributed by atoms with Crippen molar-refractivity contribution in [3.05, 3.63) is 30.6 Å². The van der Waals surface area contributed by atoms with E-state index in [1.165, 1.54) is 6.33 Å². The molecular weight excluding hydrogens is 312 g/mol. The first-order chi connectivity index (χ1) is 11.6. The van der Waals surface area contributed by atoms with Crippen molar-refractivity contribution in [3.63, 3.8) is 0 Å². The Balaban J connectivity index is 1.83. The number of rotatable bonds is 3. The van der Waals surface area contributed by atoms with Gasteiger partial charge in [0.05, 0.1) is 24.1 Å². The number of aliphatic hydroxyl groups is 3. The maximum absolute atomic E-state index is 10.2. The molecular formula is C16H18N4O4. The Bertz CT molecular complexity index is 896. The van der Waals surface area contributed by atoms with E-state index in [1.54, 1.807) is 0 Å². The maximum atomic E-state index is 10.2. The van der Waals surface area contributed by atoms with E-state index in [0.717, 1.165) is 16.3 Å². The van der Waals surface area contributed by atoms with E-state index in [2.05, 4.69) is 9.97 Å². The standard InChI is InChI=1S/C16H18N4O4/c17-15-12-8-3-1-2-4-9(8)20(16(12)19-7-18-15)5-10-13(22)14(23)11(6-21)24-10/h1-4,7,10-11,13-14,21-23H,5-6H2,(H2,17,18,19)/t10-,11+,13-,14+/m0/s1. The molecule has 0 amide bonds. The Kier molecular flexibility index (Phi) is 3.61. The molecule has 3 aromatic rings. The monoisotopic (exact) mass is 330 g/mol. The van der Waals surface area contributed by atoms with Gasteiger partial charge in [-0.05, 0) is 6.07 Å². The minimum absolute atomic E-state index is 0.273. The molecule has 0 bridgehead atoms. The first-order valence-corrected chi connectivity index (χ1v) is 7.71. The summed E-state index contributed by atoms with van der Waals surface area (Å²) < 4.78 is 7.48. The Morgan fingerprint density at radius 3 is 2.62 bits per heavy atom. The predicted molar refractivity (Wildman–Crippen MR) is 87.2 cm³/mol. The second-order valence-corrected chi connectivity index (χ2v) is 5.96. The highest BCUT2D eigenvalue weighted by Crippen LogP contribution is 2.32. The minimum atomic E-state index is -1.12. The van der Waals surface area contributed by atoms with E-state index in [-0.39, 0.29) is 13.2 Å². The van der Waals surface area contributed by atoms with Crippen molar-refractivity contribution in [3.8, 4) is 0 Å². The molecule has 1 aromatic carbocycles. The summed E-state index contributed by atoms with van der Waals surface area (Å²) in [5.41, 5.74) is 7.55. The number of aliphatic hydroxyl groups excluding tert-OH is 3. The lowest BCUT2D eigenvalue weighted by Gasteiger charge is -2.16. The molecule has 0 radical (unpaired) electrons. The van der Waals surface area contributed by atoms with Gasteiger partial charge in [0, 0.05) is 5.39 Å². The zero-order valence-corrected chi connectivity index (χ0v) is 12.8. The van der Waals surface area contributed by atoms with Crippen LogP contribution in [0.5, 0.6) is 0 Å². The van der Waals surface area contributed by atoms with Crippen LogP contribution in [0.15, 0.2) is 30.6 Å². The van der Waals surface area contributed by atoms with Gasteiger partial charge in [-0.3, -0.25) is 0 Å².